The molecule has 2 heterocycles. The lowest BCUT2D eigenvalue weighted by Gasteiger charge is -2.12. The number of halogens is 1. The van der Waals surface area contributed by atoms with Crippen molar-refractivity contribution in [3.63, 3.8) is 0 Å². The Hall–Kier alpha value is -3.60. The first-order valence-corrected chi connectivity index (χ1v) is 9.64. The summed E-state index contributed by atoms with van der Waals surface area (Å²) in [6, 6.07) is 5.18. The van der Waals surface area contributed by atoms with E-state index >= 15 is 0 Å². The van der Waals surface area contributed by atoms with Gasteiger partial charge in [-0.05, 0) is 44.5 Å². The maximum absolute atomic E-state index is 14.5. The van der Waals surface area contributed by atoms with E-state index in [9.17, 15) is 14.0 Å². The number of nitrogens with one attached hydrogen (secondary N) is 2. The van der Waals surface area contributed by atoms with Crippen LogP contribution in [0.3, 0.4) is 0 Å². The van der Waals surface area contributed by atoms with Gasteiger partial charge in [0.25, 0.3) is 11.8 Å². The monoisotopic (exact) mass is 431 g/mol. The van der Waals surface area contributed by atoms with E-state index < -0.39 is 17.6 Å². The summed E-state index contributed by atoms with van der Waals surface area (Å²) in [6.45, 7) is 5.19. The smallest absolute Gasteiger partial charge is 0.267 e. The number of thiazole rings is 1. The van der Waals surface area contributed by atoms with Gasteiger partial charge >= 0.3 is 0 Å². The predicted octanol–water partition coefficient (Wildman–Crippen LogP) is 3.25. The zero-order valence-electron chi connectivity index (χ0n) is 17.3. The van der Waals surface area contributed by atoms with E-state index in [4.69, 9.17) is 11.9 Å². The minimum Gasteiger partial charge on any atom is -0.474 e. The largest absolute Gasteiger partial charge is 0.474 e. The number of hydrogen-bond acceptors (Lipinski definition) is 8. The van der Waals surface area contributed by atoms with Gasteiger partial charge in [0.05, 0.1) is 17.9 Å². The molecule has 1 aromatic carbocycles. The van der Waals surface area contributed by atoms with Crippen LogP contribution in [0.15, 0.2) is 30.5 Å². The van der Waals surface area contributed by atoms with Crippen LogP contribution in [0.4, 0.5) is 21.0 Å². The van der Waals surface area contributed by atoms with Crippen molar-refractivity contribution in [3.8, 4) is 5.88 Å². The number of benzene rings is 1. The number of hydrogen-bond donors (Lipinski definition) is 3. The lowest BCUT2D eigenvalue weighted by Crippen LogP contribution is -2.17. The Bertz CT molecular complexity index is 1120. The van der Waals surface area contributed by atoms with Crippen molar-refractivity contribution in [2.24, 2.45) is 0 Å². The summed E-state index contributed by atoms with van der Waals surface area (Å²) in [4.78, 5) is 29.0. The number of carbonyl (C=O) groups excluding carboxylic acids is 2. The topological polar surface area (TPSA) is 132 Å². The number of ether oxygens (including phenoxy) is 1. The fourth-order valence-corrected chi connectivity index (χ4v) is 2.95. The Labute approximate surface area is 177 Å². The van der Waals surface area contributed by atoms with E-state index in [2.05, 4.69) is 20.5 Å². The van der Waals surface area contributed by atoms with Gasteiger partial charge < -0.3 is 21.1 Å². The molecular formula is C19H19FN6O3S. The number of amides is 2. The van der Waals surface area contributed by atoms with Gasteiger partial charge in [0.15, 0.2) is 12.4 Å². The molecule has 3 aromatic rings. The minimum absolute atomic E-state index is 0.0373. The number of nitrogens with two attached hydrogens (primary N) is 1. The van der Waals surface area contributed by atoms with Gasteiger partial charge in [-0.2, -0.15) is 0 Å². The second-order valence-electron chi connectivity index (χ2n) is 6.48. The van der Waals surface area contributed by atoms with Crippen LogP contribution in [0, 0.1) is 12.7 Å². The third kappa shape index (κ3) is 5.06. The maximum Gasteiger partial charge on any atom is 0.267 e. The molecule has 9 nitrogen and oxygen atoms in total. The van der Waals surface area contributed by atoms with Gasteiger partial charge in [0.2, 0.25) is 5.88 Å². The number of nitrogens with zero attached hydrogens (tertiary/aromatic N) is 3. The summed E-state index contributed by atoms with van der Waals surface area (Å²) in [5.74, 6) is -1.96. The van der Waals surface area contributed by atoms with E-state index in [1.54, 1.807) is 0 Å². The maximum atomic E-state index is 14.5. The molecule has 0 spiro atoms. The van der Waals surface area contributed by atoms with Gasteiger partial charge in [-0.15, -0.1) is 10.2 Å². The van der Waals surface area contributed by atoms with Crippen LogP contribution in [0.25, 0.3) is 0 Å². The second-order valence-corrected chi connectivity index (χ2v) is 7.54. The number of anilines is 3. The second kappa shape index (κ2) is 8.82. The molecule has 3 rings (SSSR count). The average Bonchev–Trinajstić information content (AvgIpc) is 3.14. The molecule has 0 saturated heterocycles. The Morgan fingerprint density at radius 1 is 1.27 bits per heavy atom. The molecule has 0 saturated carbocycles. The van der Waals surface area contributed by atoms with Crippen molar-refractivity contribution in [1.29, 1.82) is 0 Å². The van der Waals surface area contributed by atoms with Crippen molar-refractivity contribution in [2.75, 3.05) is 16.4 Å². The highest BCUT2D eigenvalue weighted by molar-refractivity contribution is 7.17. The van der Waals surface area contributed by atoms with Crippen molar-refractivity contribution >= 4 is 39.8 Å². The fourth-order valence-electron chi connectivity index (χ4n) is 2.38. The van der Waals surface area contributed by atoms with Crippen LogP contribution >= 0.6 is 11.3 Å². The van der Waals surface area contributed by atoms with Crippen LogP contribution in [0.2, 0.25) is 1.41 Å². The van der Waals surface area contributed by atoms with Crippen LogP contribution in [0.5, 0.6) is 5.88 Å². The normalized spacial score (nSPS) is 11.2. The molecular weight excluding hydrogens is 411 g/mol. The first-order valence-electron chi connectivity index (χ1n) is 9.27. The molecule has 2 amide bonds. The summed E-state index contributed by atoms with van der Waals surface area (Å²) in [7, 11) is 0. The van der Waals surface area contributed by atoms with E-state index in [0.29, 0.717) is 10.9 Å². The van der Waals surface area contributed by atoms with Gasteiger partial charge in [-0.25, -0.2) is 9.37 Å². The SMILES string of the molecule is [2H]N(C(=O)c1cnc(N)s1)c1cc(C(=O)Nc2ccc(OC(C)C)nn2)c(F)cc1C. The van der Waals surface area contributed by atoms with Crippen molar-refractivity contribution in [3.05, 3.63) is 52.3 Å². The summed E-state index contributed by atoms with van der Waals surface area (Å²) in [5.41, 5.74) is 5.50. The molecule has 11 heteroatoms. The van der Waals surface area contributed by atoms with Gasteiger partial charge in [-0.1, -0.05) is 11.3 Å². The molecule has 2 aromatic heterocycles. The van der Waals surface area contributed by atoms with Gasteiger partial charge in [0.1, 0.15) is 10.7 Å². The standard InChI is InChI=1S/C19H19FN6O3S/c1-9(2)29-16-5-4-15(25-26-16)24-17(27)11-7-13(10(3)6-12(11)20)23-18(28)14-8-22-19(21)30-14/h4-9H,1-3H3,(H2,21,22)(H,23,28)(H,24,25,27)/i/hD. The summed E-state index contributed by atoms with van der Waals surface area (Å²) < 4.78 is 28.0. The lowest BCUT2D eigenvalue weighted by molar-refractivity contribution is 0.101. The Balaban J connectivity index is 1.83. The van der Waals surface area contributed by atoms with E-state index in [1.807, 2.05) is 13.8 Å². The zero-order chi connectivity index (χ0) is 22.7. The number of aromatic nitrogens is 3. The van der Waals surface area contributed by atoms with Crippen LogP contribution in [-0.4, -0.2) is 33.1 Å². The van der Waals surface area contributed by atoms with Gasteiger partial charge in [-0.3, -0.25) is 9.59 Å². The molecule has 4 N–H and O–H groups in total. The van der Waals surface area contributed by atoms with Crippen LogP contribution < -0.4 is 21.1 Å². The first-order chi connectivity index (χ1) is 14.7. The van der Waals surface area contributed by atoms with Crippen molar-refractivity contribution in [2.45, 2.75) is 26.9 Å². The quantitative estimate of drug-likeness (QED) is 0.546. The minimum atomic E-state index is -0.812. The molecule has 0 aliphatic carbocycles. The number of aryl methyl sites for hydroxylation is 1. The Morgan fingerprint density at radius 3 is 2.63 bits per heavy atom. The summed E-state index contributed by atoms with van der Waals surface area (Å²) in [6.07, 6.45) is 1.16. The van der Waals surface area contributed by atoms with Crippen LogP contribution in [0.1, 0.15) is 39.4 Å². The lowest BCUT2D eigenvalue weighted by atomic mass is 10.1. The van der Waals surface area contributed by atoms with Gasteiger partial charge in [0, 0.05) is 11.8 Å². The summed E-state index contributed by atoms with van der Waals surface area (Å²) in [5, 5.41) is 10.8. The highest BCUT2D eigenvalue weighted by Gasteiger charge is 2.18. The molecule has 30 heavy (non-hydrogen) atoms. The third-order valence-electron chi connectivity index (χ3n) is 3.72. The number of carbonyl (C=O) groups is 2. The molecule has 0 unspecified atom stereocenters. The molecule has 156 valence electrons. The molecule has 0 aliphatic heterocycles. The Kier molecular flexibility index (Phi) is 5.80. The highest BCUT2D eigenvalue weighted by atomic mass is 32.1. The number of rotatable bonds is 6. The van der Waals surface area contributed by atoms with Crippen molar-refractivity contribution in [1.82, 2.24) is 15.2 Å². The zero-order valence-corrected chi connectivity index (χ0v) is 17.2. The number of nitrogen functional groups attached to an aromatic ring is 1. The summed E-state index contributed by atoms with van der Waals surface area (Å²) >= 11 is 0.921. The molecule has 0 bridgehead atoms. The first kappa shape index (κ1) is 19.7. The Morgan fingerprint density at radius 2 is 2.03 bits per heavy atom. The molecule has 0 atom stereocenters. The molecule has 0 aliphatic rings. The molecule has 0 radical (unpaired) electrons. The highest BCUT2D eigenvalue weighted by Crippen LogP contribution is 2.23. The molecule has 0 fully saturated rings. The predicted molar refractivity (Wildman–Crippen MR) is 111 cm³/mol. The third-order valence-corrected chi connectivity index (χ3v) is 4.54. The van der Waals surface area contributed by atoms with Crippen molar-refractivity contribution < 1.29 is 20.1 Å². The van der Waals surface area contributed by atoms with E-state index in [0.717, 1.165) is 23.5 Å². The fraction of sp³-hybridized carbons (Fsp3) is 0.211. The van der Waals surface area contributed by atoms with Crippen LogP contribution in [-0.2, 0) is 0 Å². The van der Waals surface area contributed by atoms with E-state index in [1.165, 1.54) is 25.3 Å². The van der Waals surface area contributed by atoms with E-state index in [-0.39, 0.29) is 39.1 Å². The average molecular weight is 431 g/mol.